The SMILES string of the molecule is CC(C)[C@H](NC(=O)O)C(=O)N1CCC[C@@H]1N1Cc2ccc(-c3ccc4c(c3)CCc3cc(-c5cnc([C@@H]6CCCN6C(=O)C(c6ccccc6)N(C)C)[nH]5)ccc3-4)cc2C1. The molecule has 11 nitrogen and oxygen atoms in total. The lowest BCUT2D eigenvalue weighted by Crippen LogP contribution is -2.55. The summed E-state index contributed by atoms with van der Waals surface area (Å²) in [5.41, 5.74) is 13.3. The molecule has 60 heavy (non-hydrogen) atoms. The van der Waals surface area contributed by atoms with E-state index in [2.05, 4.69) is 69.8 Å². The molecule has 3 N–H and O–H groups in total. The van der Waals surface area contributed by atoms with Gasteiger partial charge < -0.3 is 25.2 Å². The summed E-state index contributed by atoms with van der Waals surface area (Å²) in [6, 6.07) is 29.2. The van der Waals surface area contributed by atoms with E-state index >= 15 is 0 Å². The number of aromatic nitrogens is 2. The molecule has 4 heterocycles. The molecule has 9 rings (SSSR count). The molecule has 4 aromatic carbocycles. The second-order valence-corrected chi connectivity index (χ2v) is 17.6. The fraction of sp³-hybridized carbons (Fsp3) is 0.388. The second-order valence-electron chi connectivity index (χ2n) is 17.6. The Bertz CT molecular complexity index is 2430. The lowest BCUT2D eigenvalue weighted by Gasteiger charge is -2.35. The molecule has 5 aromatic rings. The number of rotatable bonds is 10. The van der Waals surface area contributed by atoms with Gasteiger partial charge in [-0.15, -0.1) is 0 Å². The van der Waals surface area contributed by atoms with Crippen molar-refractivity contribution in [1.82, 2.24) is 34.9 Å². The van der Waals surface area contributed by atoms with Gasteiger partial charge in [-0.1, -0.05) is 86.6 Å². The summed E-state index contributed by atoms with van der Waals surface area (Å²) >= 11 is 0. The third-order valence-electron chi connectivity index (χ3n) is 13.2. The van der Waals surface area contributed by atoms with Gasteiger partial charge in [0.2, 0.25) is 11.8 Å². The number of nitrogens with zero attached hydrogens (tertiary/aromatic N) is 5. The lowest BCUT2D eigenvalue weighted by atomic mass is 9.83. The zero-order chi connectivity index (χ0) is 41.7. The minimum absolute atomic E-state index is 0.0421. The molecule has 0 spiro atoms. The average molecular weight is 806 g/mol. The number of hydrogen-bond donors (Lipinski definition) is 3. The summed E-state index contributed by atoms with van der Waals surface area (Å²) < 4.78 is 0. The Morgan fingerprint density at radius 2 is 1.40 bits per heavy atom. The number of carboxylic acid groups (broad SMARTS) is 1. The van der Waals surface area contributed by atoms with Crippen molar-refractivity contribution in [1.29, 1.82) is 0 Å². The molecule has 0 radical (unpaired) electrons. The topological polar surface area (TPSA) is 125 Å². The van der Waals surface area contributed by atoms with Crippen molar-refractivity contribution < 1.29 is 19.5 Å². The number of benzene rings is 4. The van der Waals surface area contributed by atoms with Gasteiger partial charge in [0, 0.05) is 26.2 Å². The number of nitrogens with one attached hydrogen (secondary N) is 2. The maximum atomic E-state index is 14.0. The number of carbonyl (C=O) groups excluding carboxylic acids is 2. The van der Waals surface area contributed by atoms with Gasteiger partial charge in [-0.2, -0.15) is 0 Å². The lowest BCUT2D eigenvalue weighted by molar-refractivity contribution is -0.139. The van der Waals surface area contributed by atoms with Crippen molar-refractivity contribution in [3.63, 3.8) is 0 Å². The molecule has 0 bridgehead atoms. The zero-order valence-electron chi connectivity index (χ0n) is 35.0. The molecule has 1 unspecified atom stereocenters. The highest BCUT2D eigenvalue weighted by molar-refractivity contribution is 5.86. The monoisotopic (exact) mass is 805 g/mol. The van der Waals surface area contributed by atoms with Gasteiger partial charge in [0.05, 0.1) is 24.1 Å². The number of imidazole rings is 1. The first-order chi connectivity index (χ1) is 29.0. The van der Waals surface area contributed by atoms with Crippen molar-refractivity contribution in [3.8, 4) is 33.5 Å². The van der Waals surface area contributed by atoms with E-state index in [4.69, 9.17) is 4.98 Å². The molecule has 4 aliphatic rings. The minimum atomic E-state index is -1.17. The van der Waals surface area contributed by atoms with Gasteiger partial charge in [0.1, 0.15) is 17.9 Å². The van der Waals surface area contributed by atoms with Crippen LogP contribution in [0.2, 0.25) is 0 Å². The third-order valence-corrected chi connectivity index (χ3v) is 13.2. The molecule has 2 saturated heterocycles. The van der Waals surface area contributed by atoms with Crippen molar-refractivity contribution >= 4 is 17.9 Å². The van der Waals surface area contributed by atoms with Crippen LogP contribution in [0.3, 0.4) is 0 Å². The van der Waals surface area contributed by atoms with Crippen LogP contribution < -0.4 is 5.32 Å². The largest absolute Gasteiger partial charge is 0.465 e. The van der Waals surface area contributed by atoms with Crippen LogP contribution in [0.1, 0.15) is 85.3 Å². The van der Waals surface area contributed by atoms with Crippen LogP contribution in [0.15, 0.2) is 91.1 Å². The molecule has 11 heteroatoms. The number of aryl methyl sites for hydroxylation is 2. The number of H-pyrrole nitrogens is 1. The Balaban J connectivity index is 0.887. The van der Waals surface area contributed by atoms with Crippen LogP contribution in [0.5, 0.6) is 0 Å². The van der Waals surface area contributed by atoms with E-state index in [9.17, 15) is 19.5 Å². The van der Waals surface area contributed by atoms with Gasteiger partial charge in [-0.25, -0.2) is 9.78 Å². The standard InChI is InChI=1S/C49H55N7O4/c1-30(2)44(52-49(59)60)47(57)56-23-9-13-43(56)54-28-37-17-14-32(25-38(37)29-54)33-18-20-39-34(24-33)15-16-35-26-36(19-21-40(35)39)41-27-50-46(51-41)42-12-8-22-55(42)48(58)45(53(3)4)31-10-6-5-7-11-31/h5-7,10-11,14,17-21,24-27,30,42-45,52H,8-9,12-13,15-16,22-23,28-29H2,1-4H3,(H,50,51)(H,59,60)/t42-,43+,44-,45?/m0/s1. The van der Waals surface area contributed by atoms with Gasteiger partial charge in [0.25, 0.3) is 0 Å². The Hall–Kier alpha value is -5.78. The minimum Gasteiger partial charge on any atom is -0.465 e. The maximum absolute atomic E-state index is 14.0. The van der Waals surface area contributed by atoms with E-state index < -0.39 is 12.1 Å². The smallest absolute Gasteiger partial charge is 0.405 e. The Morgan fingerprint density at radius 3 is 2.10 bits per heavy atom. The highest BCUT2D eigenvalue weighted by Gasteiger charge is 2.40. The van der Waals surface area contributed by atoms with E-state index in [-0.39, 0.29) is 36.0 Å². The predicted molar refractivity (Wildman–Crippen MR) is 233 cm³/mol. The van der Waals surface area contributed by atoms with Crippen LogP contribution in [0.25, 0.3) is 33.5 Å². The average Bonchev–Trinajstić information content (AvgIpc) is 4.08. The van der Waals surface area contributed by atoms with Crippen molar-refractivity contribution in [2.75, 3.05) is 27.2 Å². The fourth-order valence-electron chi connectivity index (χ4n) is 10.2. The van der Waals surface area contributed by atoms with Gasteiger partial charge in [-0.3, -0.25) is 19.4 Å². The van der Waals surface area contributed by atoms with Crippen LogP contribution in [-0.2, 0) is 35.5 Å². The number of amides is 3. The van der Waals surface area contributed by atoms with Crippen molar-refractivity contribution in [2.45, 2.75) is 89.8 Å². The normalized spacial score (nSPS) is 19.6. The van der Waals surface area contributed by atoms with E-state index in [1.54, 1.807) is 0 Å². The molecule has 3 aliphatic heterocycles. The molecule has 0 saturated carbocycles. The molecule has 2 fully saturated rings. The maximum Gasteiger partial charge on any atom is 0.405 e. The Morgan fingerprint density at radius 1 is 0.767 bits per heavy atom. The molecular formula is C49H55N7O4. The van der Waals surface area contributed by atoms with Crippen LogP contribution in [-0.4, -0.2) is 92.0 Å². The summed E-state index contributed by atoms with van der Waals surface area (Å²) in [5, 5.41) is 11.8. The van der Waals surface area contributed by atoms with E-state index in [0.29, 0.717) is 6.54 Å². The van der Waals surface area contributed by atoms with E-state index in [1.165, 1.54) is 44.5 Å². The Labute approximate surface area is 352 Å². The summed E-state index contributed by atoms with van der Waals surface area (Å²) in [4.78, 5) is 55.8. The summed E-state index contributed by atoms with van der Waals surface area (Å²) in [5.74, 6) is 0.687. The molecular weight excluding hydrogens is 751 g/mol. The number of fused-ring (bicyclic) bond motifs is 4. The van der Waals surface area contributed by atoms with Gasteiger partial charge >= 0.3 is 6.09 Å². The first-order valence-electron chi connectivity index (χ1n) is 21.5. The first-order valence-corrected chi connectivity index (χ1v) is 21.5. The third kappa shape index (κ3) is 7.49. The number of hydrogen-bond acceptors (Lipinski definition) is 6. The highest BCUT2D eigenvalue weighted by Crippen LogP contribution is 2.40. The molecule has 1 aromatic heterocycles. The van der Waals surface area contributed by atoms with E-state index in [0.717, 1.165) is 80.8 Å². The number of carbonyl (C=O) groups is 3. The molecule has 310 valence electrons. The second kappa shape index (κ2) is 16.3. The molecule has 4 atom stereocenters. The van der Waals surface area contributed by atoms with Crippen molar-refractivity contribution in [2.24, 2.45) is 5.92 Å². The summed E-state index contributed by atoms with van der Waals surface area (Å²) in [6.07, 6.45) is 6.25. The predicted octanol–water partition coefficient (Wildman–Crippen LogP) is 8.03. The highest BCUT2D eigenvalue weighted by atomic mass is 16.4. The summed E-state index contributed by atoms with van der Waals surface area (Å²) in [7, 11) is 3.93. The number of likely N-dealkylation sites (N-methyl/N-ethyl adjacent to an activating group) is 1. The molecule has 3 amide bonds. The van der Waals surface area contributed by atoms with Gasteiger partial charge in [0.15, 0.2) is 0 Å². The van der Waals surface area contributed by atoms with Crippen LogP contribution >= 0.6 is 0 Å². The van der Waals surface area contributed by atoms with Gasteiger partial charge in [-0.05, 0) is 126 Å². The fourth-order valence-corrected chi connectivity index (χ4v) is 10.2. The zero-order valence-corrected chi connectivity index (χ0v) is 35.0. The van der Waals surface area contributed by atoms with Crippen LogP contribution in [0.4, 0.5) is 4.79 Å². The van der Waals surface area contributed by atoms with Crippen LogP contribution in [0, 0.1) is 5.92 Å². The number of aromatic amines is 1. The first kappa shape index (κ1) is 39.7. The summed E-state index contributed by atoms with van der Waals surface area (Å²) in [6.45, 7) is 6.67. The van der Waals surface area contributed by atoms with Crippen molar-refractivity contribution in [3.05, 3.63) is 125 Å². The quantitative estimate of drug-likeness (QED) is 0.131. The molecule has 1 aliphatic carbocycles. The Kier molecular flexibility index (Phi) is 10.8. The van der Waals surface area contributed by atoms with E-state index in [1.807, 2.05) is 79.2 Å². The number of likely N-dealkylation sites (tertiary alicyclic amines) is 2.